The fraction of sp³-hybridized carbons (Fsp3) is 0.300. The van der Waals surface area contributed by atoms with Gasteiger partial charge < -0.3 is 9.64 Å². The summed E-state index contributed by atoms with van der Waals surface area (Å²) in [4.78, 5) is 19.4. The molecule has 0 spiro atoms. The van der Waals surface area contributed by atoms with Crippen LogP contribution in [-0.4, -0.2) is 35.5 Å². The third kappa shape index (κ3) is 2.48. The maximum atomic E-state index is 13.1. The molecule has 0 bridgehead atoms. The minimum Gasteiger partial charge on any atom is -0.497 e. The zero-order valence-electron chi connectivity index (χ0n) is 13.7. The lowest BCUT2D eigenvalue weighted by Gasteiger charge is -2.33. The Morgan fingerprint density at radius 1 is 1.17 bits per heavy atom. The summed E-state index contributed by atoms with van der Waals surface area (Å²) >= 11 is 0. The van der Waals surface area contributed by atoms with Crippen LogP contribution in [0.5, 0.6) is 5.75 Å². The van der Waals surface area contributed by atoms with E-state index in [1.165, 1.54) is 0 Å². The first kappa shape index (κ1) is 14.9. The maximum Gasteiger partial charge on any atom is 0.255 e. The van der Waals surface area contributed by atoms with Gasteiger partial charge in [-0.3, -0.25) is 9.78 Å². The van der Waals surface area contributed by atoms with Crippen LogP contribution in [-0.2, 0) is 4.79 Å². The van der Waals surface area contributed by atoms with Gasteiger partial charge in [0.2, 0.25) is 0 Å². The predicted molar refractivity (Wildman–Crippen MR) is 93.4 cm³/mol. The molecule has 0 radical (unpaired) electrons. The number of methoxy groups -OCH3 is 1. The third-order valence-electron chi connectivity index (χ3n) is 4.98. The fourth-order valence-corrected chi connectivity index (χ4v) is 3.79. The zero-order valence-corrected chi connectivity index (χ0v) is 13.7. The van der Waals surface area contributed by atoms with E-state index in [1.54, 1.807) is 19.5 Å². The smallest absolute Gasteiger partial charge is 0.255 e. The van der Waals surface area contributed by atoms with Crippen molar-refractivity contribution >= 4 is 17.1 Å². The van der Waals surface area contributed by atoms with Crippen molar-refractivity contribution < 1.29 is 9.53 Å². The van der Waals surface area contributed by atoms with Crippen molar-refractivity contribution in [2.75, 3.05) is 13.7 Å². The standard InChI is InChI=1S/C20H20N2O2/c1-24-17-8-6-14(7-9-17)18-12-16-5-3-11-22(16)20(23)19(18)15-4-2-10-21-13-15/h2,4,6-10,13,16H,3,5,11-12H2,1H3. The van der Waals surface area contributed by atoms with Gasteiger partial charge in [-0.2, -0.15) is 0 Å². The lowest BCUT2D eigenvalue weighted by molar-refractivity contribution is -0.126. The van der Waals surface area contributed by atoms with E-state index in [9.17, 15) is 4.79 Å². The molecule has 1 fully saturated rings. The van der Waals surface area contributed by atoms with Crippen molar-refractivity contribution in [3.8, 4) is 5.75 Å². The average molecular weight is 320 g/mol. The van der Waals surface area contributed by atoms with Gasteiger partial charge in [-0.1, -0.05) is 18.2 Å². The topological polar surface area (TPSA) is 42.4 Å². The van der Waals surface area contributed by atoms with E-state index in [4.69, 9.17) is 4.74 Å². The molecule has 4 nitrogen and oxygen atoms in total. The minimum atomic E-state index is 0.141. The summed E-state index contributed by atoms with van der Waals surface area (Å²) in [7, 11) is 1.66. The molecule has 24 heavy (non-hydrogen) atoms. The van der Waals surface area contributed by atoms with Crippen LogP contribution in [0.25, 0.3) is 11.1 Å². The summed E-state index contributed by atoms with van der Waals surface area (Å²) in [6.45, 7) is 0.864. The van der Waals surface area contributed by atoms with E-state index >= 15 is 0 Å². The number of pyridine rings is 1. The molecule has 1 aromatic carbocycles. The second-order valence-electron chi connectivity index (χ2n) is 6.32. The molecule has 1 saturated heterocycles. The number of fused-ring (bicyclic) bond motifs is 1. The highest BCUT2D eigenvalue weighted by Crippen LogP contribution is 2.40. The van der Waals surface area contributed by atoms with E-state index in [2.05, 4.69) is 4.98 Å². The number of aromatic nitrogens is 1. The van der Waals surface area contributed by atoms with E-state index in [-0.39, 0.29) is 5.91 Å². The van der Waals surface area contributed by atoms with Crippen molar-refractivity contribution in [2.45, 2.75) is 25.3 Å². The zero-order chi connectivity index (χ0) is 16.5. The van der Waals surface area contributed by atoms with Crippen molar-refractivity contribution in [3.05, 3.63) is 59.9 Å². The second kappa shape index (κ2) is 6.11. The fourth-order valence-electron chi connectivity index (χ4n) is 3.79. The monoisotopic (exact) mass is 320 g/mol. The van der Waals surface area contributed by atoms with Crippen molar-refractivity contribution in [1.82, 2.24) is 9.88 Å². The summed E-state index contributed by atoms with van der Waals surface area (Å²) in [6.07, 6.45) is 6.61. The normalized spacial score (nSPS) is 20.3. The van der Waals surface area contributed by atoms with Gasteiger partial charge in [0.15, 0.2) is 0 Å². The molecule has 2 aromatic rings. The van der Waals surface area contributed by atoms with Gasteiger partial charge in [0.05, 0.1) is 12.7 Å². The van der Waals surface area contributed by atoms with E-state index < -0.39 is 0 Å². The summed E-state index contributed by atoms with van der Waals surface area (Å²) in [5, 5.41) is 0. The number of amides is 1. The van der Waals surface area contributed by atoms with Gasteiger partial charge in [-0.15, -0.1) is 0 Å². The van der Waals surface area contributed by atoms with Gasteiger partial charge in [-0.05, 0) is 48.6 Å². The highest BCUT2D eigenvalue weighted by atomic mass is 16.5. The molecule has 2 aliphatic rings. The quantitative estimate of drug-likeness (QED) is 0.870. The Morgan fingerprint density at radius 2 is 2.00 bits per heavy atom. The Hall–Kier alpha value is -2.62. The molecular formula is C20H20N2O2. The molecule has 122 valence electrons. The molecule has 3 heterocycles. The number of carbonyl (C=O) groups excluding carboxylic acids is 1. The van der Waals surface area contributed by atoms with E-state index in [0.29, 0.717) is 6.04 Å². The largest absolute Gasteiger partial charge is 0.497 e. The Kier molecular flexibility index (Phi) is 3.81. The van der Waals surface area contributed by atoms with Crippen LogP contribution in [0.3, 0.4) is 0 Å². The lowest BCUT2D eigenvalue weighted by Crippen LogP contribution is -2.39. The summed E-state index contributed by atoms with van der Waals surface area (Å²) in [6, 6.07) is 12.2. The van der Waals surface area contributed by atoms with Crippen LogP contribution in [0.4, 0.5) is 0 Å². The number of hydrogen-bond donors (Lipinski definition) is 0. The van der Waals surface area contributed by atoms with Crippen LogP contribution in [0, 0.1) is 0 Å². The first-order valence-corrected chi connectivity index (χ1v) is 8.37. The molecule has 0 aliphatic carbocycles. The molecule has 0 saturated carbocycles. The van der Waals surface area contributed by atoms with Crippen LogP contribution < -0.4 is 4.74 Å². The lowest BCUT2D eigenvalue weighted by atomic mass is 9.86. The number of benzene rings is 1. The molecule has 4 heteroatoms. The van der Waals surface area contributed by atoms with Crippen LogP contribution in [0.1, 0.15) is 30.4 Å². The number of carbonyl (C=O) groups is 1. The first-order valence-electron chi connectivity index (χ1n) is 8.37. The summed E-state index contributed by atoms with van der Waals surface area (Å²) in [5.74, 6) is 0.967. The number of ether oxygens (including phenoxy) is 1. The maximum absolute atomic E-state index is 13.1. The van der Waals surface area contributed by atoms with Crippen LogP contribution in [0.2, 0.25) is 0 Å². The molecule has 2 aliphatic heterocycles. The van der Waals surface area contributed by atoms with Crippen LogP contribution >= 0.6 is 0 Å². The number of nitrogens with zero attached hydrogens (tertiary/aromatic N) is 2. The first-order chi connectivity index (χ1) is 11.8. The Labute approximate surface area is 141 Å². The van der Waals surface area contributed by atoms with Crippen molar-refractivity contribution in [3.63, 3.8) is 0 Å². The summed E-state index contributed by atoms with van der Waals surface area (Å²) in [5.41, 5.74) is 3.92. The highest BCUT2D eigenvalue weighted by molar-refractivity contribution is 6.28. The van der Waals surface area contributed by atoms with Crippen LogP contribution in [0.15, 0.2) is 48.8 Å². The molecule has 1 amide bonds. The predicted octanol–water partition coefficient (Wildman–Crippen LogP) is 3.40. The Morgan fingerprint density at radius 3 is 2.71 bits per heavy atom. The molecule has 1 atom stereocenters. The van der Waals surface area contributed by atoms with Gasteiger partial charge in [0.1, 0.15) is 5.75 Å². The molecule has 1 unspecified atom stereocenters. The second-order valence-corrected chi connectivity index (χ2v) is 6.32. The van der Waals surface area contributed by atoms with Gasteiger partial charge in [-0.25, -0.2) is 0 Å². The molecular weight excluding hydrogens is 300 g/mol. The molecule has 4 rings (SSSR count). The minimum absolute atomic E-state index is 0.141. The SMILES string of the molecule is COc1ccc(C2=C(c3cccnc3)C(=O)N3CCCC3C2)cc1. The van der Waals surface area contributed by atoms with E-state index in [0.717, 1.165) is 53.8 Å². The van der Waals surface area contributed by atoms with Gasteiger partial charge in [0, 0.05) is 30.5 Å². The molecule has 1 aromatic heterocycles. The average Bonchev–Trinajstić information content (AvgIpc) is 3.11. The Bertz CT molecular complexity index is 781. The number of rotatable bonds is 3. The van der Waals surface area contributed by atoms with Crippen molar-refractivity contribution in [1.29, 1.82) is 0 Å². The highest BCUT2D eigenvalue weighted by Gasteiger charge is 2.37. The number of hydrogen-bond acceptors (Lipinski definition) is 3. The van der Waals surface area contributed by atoms with Gasteiger partial charge in [0.25, 0.3) is 5.91 Å². The Balaban J connectivity index is 1.86. The van der Waals surface area contributed by atoms with Gasteiger partial charge >= 0.3 is 0 Å². The molecule has 0 N–H and O–H groups in total. The third-order valence-corrected chi connectivity index (χ3v) is 4.98. The van der Waals surface area contributed by atoms with E-state index in [1.807, 2.05) is 41.3 Å². The van der Waals surface area contributed by atoms with Crippen molar-refractivity contribution in [2.24, 2.45) is 0 Å². The summed E-state index contributed by atoms with van der Waals surface area (Å²) < 4.78 is 5.26.